The van der Waals surface area contributed by atoms with E-state index < -0.39 is 0 Å². The zero-order valence-electron chi connectivity index (χ0n) is 19.2. The van der Waals surface area contributed by atoms with Crippen molar-refractivity contribution in [2.45, 2.75) is 18.8 Å². The molecular weight excluding hydrogens is 452 g/mol. The standard InChI is InChI=1S/C27H22N8O/c36-26-19-10-9-18(13-23(19)33-35-26)28-27-29-21-11-8-17(15-4-2-1-3-5-15)12-20(21)25(31-27)30-24-14-22(32-34-24)16-6-7-16/h1-5,8-14,16H,6-7H2,(H2,33,35,36)(H3,28,29,30,31,32,34). The molecule has 0 saturated heterocycles. The molecule has 0 spiro atoms. The maximum atomic E-state index is 11.8. The summed E-state index contributed by atoms with van der Waals surface area (Å²) in [5, 5.41) is 21.3. The van der Waals surface area contributed by atoms with Gasteiger partial charge in [-0.05, 0) is 54.3 Å². The second-order valence-corrected chi connectivity index (χ2v) is 9.07. The largest absolute Gasteiger partial charge is 0.324 e. The maximum absolute atomic E-state index is 11.8. The molecule has 5 N–H and O–H groups in total. The van der Waals surface area contributed by atoms with Gasteiger partial charge in [0, 0.05) is 28.8 Å². The van der Waals surface area contributed by atoms with Crippen LogP contribution in [-0.4, -0.2) is 30.4 Å². The van der Waals surface area contributed by atoms with Crippen LogP contribution in [0.5, 0.6) is 0 Å². The van der Waals surface area contributed by atoms with E-state index in [1.807, 2.05) is 36.4 Å². The topological polar surface area (TPSA) is 127 Å². The molecule has 3 heterocycles. The minimum absolute atomic E-state index is 0.149. The number of rotatable bonds is 6. The first-order valence-electron chi connectivity index (χ1n) is 11.9. The Morgan fingerprint density at radius 1 is 0.806 bits per heavy atom. The highest BCUT2D eigenvalue weighted by Gasteiger charge is 2.25. The summed E-state index contributed by atoms with van der Waals surface area (Å²) < 4.78 is 0. The molecule has 0 bridgehead atoms. The number of aromatic nitrogens is 6. The van der Waals surface area contributed by atoms with E-state index in [0.29, 0.717) is 28.6 Å². The average molecular weight is 475 g/mol. The lowest BCUT2D eigenvalue weighted by atomic mass is 10.0. The van der Waals surface area contributed by atoms with Gasteiger partial charge in [-0.25, -0.2) is 4.98 Å². The smallest absolute Gasteiger partial charge is 0.271 e. The van der Waals surface area contributed by atoms with Crippen LogP contribution in [-0.2, 0) is 0 Å². The molecule has 36 heavy (non-hydrogen) atoms. The number of benzene rings is 3. The van der Waals surface area contributed by atoms with E-state index in [-0.39, 0.29) is 5.56 Å². The van der Waals surface area contributed by atoms with Crippen LogP contribution in [0.15, 0.2) is 77.6 Å². The lowest BCUT2D eigenvalue weighted by Crippen LogP contribution is -2.03. The molecule has 6 aromatic rings. The van der Waals surface area contributed by atoms with E-state index in [2.05, 4.69) is 61.4 Å². The van der Waals surface area contributed by atoms with Crippen LogP contribution in [0, 0.1) is 0 Å². The summed E-state index contributed by atoms with van der Waals surface area (Å²) in [5.41, 5.74) is 5.47. The van der Waals surface area contributed by atoms with Crippen molar-refractivity contribution in [2.75, 3.05) is 10.6 Å². The van der Waals surface area contributed by atoms with Gasteiger partial charge in [0.1, 0.15) is 5.82 Å². The number of nitrogens with one attached hydrogen (secondary N) is 5. The maximum Gasteiger partial charge on any atom is 0.271 e. The Hall–Kier alpha value is -4.92. The van der Waals surface area contributed by atoms with Crippen molar-refractivity contribution in [3.05, 3.63) is 88.8 Å². The number of anilines is 4. The van der Waals surface area contributed by atoms with Gasteiger partial charge in [0.25, 0.3) is 5.56 Å². The Bertz CT molecular complexity index is 1780. The van der Waals surface area contributed by atoms with Gasteiger partial charge in [0.05, 0.1) is 16.4 Å². The Kier molecular flexibility index (Phi) is 4.60. The number of hydrogen-bond acceptors (Lipinski definition) is 6. The van der Waals surface area contributed by atoms with E-state index in [1.54, 1.807) is 6.07 Å². The molecule has 0 aliphatic heterocycles. The summed E-state index contributed by atoms with van der Waals surface area (Å²) in [6, 6.07) is 23.9. The van der Waals surface area contributed by atoms with Crippen molar-refractivity contribution >= 4 is 45.1 Å². The summed E-state index contributed by atoms with van der Waals surface area (Å²) in [4.78, 5) is 21.4. The van der Waals surface area contributed by atoms with Gasteiger partial charge in [-0.1, -0.05) is 36.4 Å². The molecule has 1 fully saturated rings. The molecule has 0 unspecified atom stereocenters. The zero-order chi connectivity index (χ0) is 24.1. The first kappa shape index (κ1) is 20.5. The third-order valence-corrected chi connectivity index (χ3v) is 6.50. The first-order chi connectivity index (χ1) is 17.7. The molecule has 1 aliphatic carbocycles. The van der Waals surface area contributed by atoms with Crippen molar-refractivity contribution in [3.8, 4) is 11.1 Å². The number of hydrogen-bond donors (Lipinski definition) is 5. The first-order valence-corrected chi connectivity index (χ1v) is 11.9. The molecule has 1 aliphatic rings. The fourth-order valence-corrected chi connectivity index (χ4v) is 4.46. The van der Waals surface area contributed by atoms with Crippen molar-refractivity contribution in [1.82, 2.24) is 30.4 Å². The average Bonchev–Trinajstić information content (AvgIpc) is 3.55. The van der Waals surface area contributed by atoms with E-state index in [1.165, 1.54) is 12.8 Å². The fraction of sp³-hybridized carbons (Fsp3) is 0.111. The number of H-pyrrole nitrogens is 3. The SMILES string of the molecule is O=c1[nH][nH]c2cc(Nc3nc(Nc4cc(C5CC5)[nH]n4)c4cc(-c5ccccc5)ccc4n3)ccc12. The van der Waals surface area contributed by atoms with Gasteiger partial charge < -0.3 is 10.6 Å². The van der Waals surface area contributed by atoms with Crippen LogP contribution in [0.1, 0.15) is 24.5 Å². The van der Waals surface area contributed by atoms with Gasteiger partial charge in [-0.2, -0.15) is 10.1 Å². The molecule has 7 rings (SSSR count). The lowest BCUT2D eigenvalue weighted by Gasteiger charge is -2.12. The number of aromatic amines is 3. The Balaban J connectivity index is 1.30. The third-order valence-electron chi connectivity index (χ3n) is 6.50. The minimum atomic E-state index is -0.149. The highest BCUT2D eigenvalue weighted by Crippen LogP contribution is 2.40. The van der Waals surface area contributed by atoms with Gasteiger partial charge in [-0.15, -0.1) is 0 Å². The Morgan fingerprint density at radius 2 is 1.69 bits per heavy atom. The van der Waals surface area contributed by atoms with Crippen LogP contribution in [0.2, 0.25) is 0 Å². The summed E-state index contributed by atoms with van der Waals surface area (Å²) in [5.74, 6) is 2.39. The third kappa shape index (κ3) is 3.76. The van der Waals surface area contributed by atoms with E-state index >= 15 is 0 Å². The molecule has 176 valence electrons. The van der Waals surface area contributed by atoms with E-state index in [9.17, 15) is 4.79 Å². The molecular formula is C27H22N8O. The van der Waals surface area contributed by atoms with Crippen molar-refractivity contribution in [1.29, 1.82) is 0 Å². The molecule has 0 atom stereocenters. The van der Waals surface area contributed by atoms with Crippen LogP contribution in [0.25, 0.3) is 32.9 Å². The summed E-state index contributed by atoms with van der Waals surface area (Å²) in [6.45, 7) is 0. The minimum Gasteiger partial charge on any atom is -0.324 e. The zero-order valence-corrected chi connectivity index (χ0v) is 19.2. The van der Waals surface area contributed by atoms with Crippen molar-refractivity contribution in [3.63, 3.8) is 0 Å². The van der Waals surface area contributed by atoms with E-state index in [0.717, 1.165) is 39.2 Å². The molecule has 9 heteroatoms. The lowest BCUT2D eigenvalue weighted by molar-refractivity contribution is 0.966. The summed E-state index contributed by atoms with van der Waals surface area (Å²) >= 11 is 0. The van der Waals surface area contributed by atoms with Crippen LogP contribution in [0.3, 0.4) is 0 Å². The summed E-state index contributed by atoms with van der Waals surface area (Å²) in [7, 11) is 0. The highest BCUT2D eigenvalue weighted by molar-refractivity contribution is 5.95. The fourth-order valence-electron chi connectivity index (χ4n) is 4.46. The molecule has 3 aromatic heterocycles. The second-order valence-electron chi connectivity index (χ2n) is 9.07. The Labute approximate surface area is 205 Å². The van der Waals surface area contributed by atoms with E-state index in [4.69, 9.17) is 9.97 Å². The van der Waals surface area contributed by atoms with Gasteiger partial charge in [0.2, 0.25) is 5.95 Å². The monoisotopic (exact) mass is 474 g/mol. The van der Waals surface area contributed by atoms with Crippen LogP contribution >= 0.6 is 0 Å². The summed E-state index contributed by atoms with van der Waals surface area (Å²) in [6.07, 6.45) is 2.40. The molecule has 0 amide bonds. The number of fused-ring (bicyclic) bond motifs is 2. The highest BCUT2D eigenvalue weighted by atomic mass is 16.1. The quantitative estimate of drug-likeness (QED) is 0.215. The molecule has 3 aromatic carbocycles. The van der Waals surface area contributed by atoms with Crippen LogP contribution < -0.4 is 16.2 Å². The predicted octanol–water partition coefficient (Wildman–Crippen LogP) is 5.55. The van der Waals surface area contributed by atoms with Crippen LogP contribution in [0.4, 0.5) is 23.3 Å². The van der Waals surface area contributed by atoms with Gasteiger partial charge >= 0.3 is 0 Å². The van der Waals surface area contributed by atoms with Crippen molar-refractivity contribution in [2.24, 2.45) is 0 Å². The van der Waals surface area contributed by atoms with Gasteiger partial charge in [-0.3, -0.25) is 20.1 Å². The normalized spacial score (nSPS) is 13.3. The second kappa shape index (κ2) is 8.09. The molecule has 1 saturated carbocycles. The van der Waals surface area contributed by atoms with Crippen molar-refractivity contribution < 1.29 is 0 Å². The number of nitrogens with zero attached hydrogens (tertiary/aromatic N) is 3. The van der Waals surface area contributed by atoms with Gasteiger partial charge in [0.15, 0.2) is 5.82 Å². The predicted molar refractivity (Wildman–Crippen MR) is 141 cm³/mol. The molecule has 0 radical (unpaired) electrons. The molecule has 9 nitrogen and oxygen atoms in total. The Morgan fingerprint density at radius 3 is 2.56 bits per heavy atom.